The summed E-state index contributed by atoms with van der Waals surface area (Å²) >= 11 is 6.12. The number of sulfonamides is 1. The maximum Gasteiger partial charge on any atom is 0.255 e. The number of carbonyl (C=O) groups is 2. The van der Waals surface area contributed by atoms with Crippen molar-refractivity contribution in [3.63, 3.8) is 0 Å². The summed E-state index contributed by atoms with van der Waals surface area (Å²) in [6.45, 7) is 8.73. The highest BCUT2D eigenvalue weighted by Crippen LogP contribution is 2.25. The molecule has 0 bridgehead atoms. The highest BCUT2D eigenvalue weighted by molar-refractivity contribution is 7.89. The molecule has 3 aromatic rings. The molecule has 0 aliphatic heterocycles. The molecule has 0 radical (unpaired) electrons. The van der Waals surface area contributed by atoms with Crippen LogP contribution >= 0.6 is 11.6 Å². The second-order valence-corrected chi connectivity index (χ2v) is 11.8. The number of anilines is 1. The van der Waals surface area contributed by atoms with Gasteiger partial charge in [0.2, 0.25) is 10.0 Å². The van der Waals surface area contributed by atoms with Crippen molar-refractivity contribution in [2.75, 3.05) is 18.4 Å². The highest BCUT2D eigenvalue weighted by Gasteiger charge is 2.26. The van der Waals surface area contributed by atoms with Crippen molar-refractivity contribution in [3.05, 3.63) is 94.5 Å². The molecule has 8 heteroatoms. The molecule has 0 fully saturated rings. The normalized spacial score (nSPS) is 11.8. The molecule has 0 heterocycles. The Kier molecular flexibility index (Phi) is 9.06. The zero-order valence-electron chi connectivity index (χ0n) is 20.9. The number of hydrogen-bond donors (Lipinski definition) is 1. The Morgan fingerprint density at radius 2 is 1.42 bits per heavy atom. The van der Waals surface area contributed by atoms with Crippen LogP contribution in [0.5, 0.6) is 0 Å². The second kappa shape index (κ2) is 11.8. The number of nitrogens with one attached hydrogen (secondary N) is 1. The third kappa shape index (κ3) is 6.81. The fourth-order valence-corrected chi connectivity index (χ4v) is 5.70. The van der Waals surface area contributed by atoms with Gasteiger partial charge < -0.3 is 5.32 Å². The van der Waals surface area contributed by atoms with Crippen LogP contribution in [-0.4, -0.2) is 37.5 Å². The molecule has 0 saturated carbocycles. The molecule has 0 aliphatic rings. The van der Waals surface area contributed by atoms with Gasteiger partial charge in [-0.1, -0.05) is 69.6 Å². The van der Waals surface area contributed by atoms with Crippen molar-refractivity contribution >= 4 is 39.0 Å². The summed E-state index contributed by atoms with van der Waals surface area (Å²) in [4.78, 5) is 26.1. The zero-order valence-corrected chi connectivity index (χ0v) is 22.4. The van der Waals surface area contributed by atoms with Gasteiger partial charge in [-0.15, -0.1) is 0 Å². The minimum absolute atomic E-state index is 0.131. The minimum atomic E-state index is -3.70. The third-order valence-corrected chi connectivity index (χ3v) is 7.48. The lowest BCUT2D eigenvalue weighted by Gasteiger charge is -2.25. The number of nitrogens with zero attached hydrogens (tertiary/aromatic N) is 1. The van der Waals surface area contributed by atoms with Gasteiger partial charge in [0.15, 0.2) is 5.78 Å². The Labute approximate surface area is 218 Å². The fraction of sp³-hybridized carbons (Fsp3) is 0.286. The average Bonchev–Trinajstić information content (AvgIpc) is 2.84. The van der Waals surface area contributed by atoms with E-state index in [1.807, 2.05) is 33.8 Å². The van der Waals surface area contributed by atoms with E-state index in [1.165, 1.54) is 34.6 Å². The molecule has 0 unspecified atom stereocenters. The van der Waals surface area contributed by atoms with Gasteiger partial charge in [-0.2, -0.15) is 4.31 Å². The second-order valence-electron chi connectivity index (χ2n) is 9.47. The van der Waals surface area contributed by atoms with E-state index in [0.29, 0.717) is 29.4 Å². The zero-order chi connectivity index (χ0) is 26.5. The van der Waals surface area contributed by atoms with Crippen LogP contribution in [0.25, 0.3) is 0 Å². The molecule has 0 aliphatic carbocycles. The lowest BCUT2D eigenvalue weighted by molar-refractivity contribution is 0.102. The van der Waals surface area contributed by atoms with E-state index in [0.717, 1.165) is 0 Å². The molecule has 6 nitrogen and oxygen atoms in total. The molecule has 36 heavy (non-hydrogen) atoms. The van der Waals surface area contributed by atoms with Gasteiger partial charge in [-0.05, 0) is 54.3 Å². The number of hydrogen-bond acceptors (Lipinski definition) is 4. The van der Waals surface area contributed by atoms with Crippen molar-refractivity contribution in [2.24, 2.45) is 11.8 Å². The fourth-order valence-electron chi connectivity index (χ4n) is 3.77. The quantitative estimate of drug-likeness (QED) is 0.322. The average molecular weight is 527 g/mol. The topological polar surface area (TPSA) is 83.6 Å². The summed E-state index contributed by atoms with van der Waals surface area (Å²) in [6.07, 6.45) is 0. The molecule has 0 saturated heterocycles. The van der Waals surface area contributed by atoms with Crippen molar-refractivity contribution in [1.82, 2.24) is 4.31 Å². The maximum absolute atomic E-state index is 13.2. The Morgan fingerprint density at radius 3 is 1.97 bits per heavy atom. The van der Waals surface area contributed by atoms with Crippen molar-refractivity contribution in [2.45, 2.75) is 32.6 Å². The minimum Gasteiger partial charge on any atom is -0.321 e. The van der Waals surface area contributed by atoms with E-state index >= 15 is 0 Å². The van der Waals surface area contributed by atoms with E-state index in [9.17, 15) is 18.0 Å². The Morgan fingerprint density at radius 1 is 0.833 bits per heavy atom. The summed E-state index contributed by atoms with van der Waals surface area (Å²) in [5, 5.41) is 3.13. The predicted octanol–water partition coefficient (Wildman–Crippen LogP) is 6.13. The van der Waals surface area contributed by atoms with Crippen LogP contribution < -0.4 is 5.32 Å². The standard InChI is InChI=1S/C28H31ClN2O4S/c1-19(2)17-31(18-20(3)4)36(34,35)24-13-10-22(11-14-24)28(33)30-26-15-12-23(29)16-25(26)27(32)21-8-6-5-7-9-21/h5-16,19-20H,17-18H2,1-4H3,(H,30,33). The molecule has 0 spiro atoms. The van der Waals surface area contributed by atoms with Crippen LogP contribution in [0.3, 0.4) is 0 Å². The van der Waals surface area contributed by atoms with E-state index in [4.69, 9.17) is 11.6 Å². The van der Waals surface area contributed by atoms with Crippen molar-refractivity contribution < 1.29 is 18.0 Å². The van der Waals surface area contributed by atoms with E-state index in [-0.39, 0.29) is 33.6 Å². The number of halogens is 1. The molecule has 1 amide bonds. The van der Waals surface area contributed by atoms with Crippen molar-refractivity contribution in [1.29, 1.82) is 0 Å². The van der Waals surface area contributed by atoms with Gasteiger partial charge in [0.05, 0.1) is 10.6 Å². The van der Waals surface area contributed by atoms with E-state index < -0.39 is 15.9 Å². The first-order chi connectivity index (χ1) is 17.0. The maximum atomic E-state index is 13.2. The summed E-state index contributed by atoms with van der Waals surface area (Å²) in [6, 6.07) is 19.2. The van der Waals surface area contributed by atoms with Gasteiger partial charge in [-0.25, -0.2) is 8.42 Å². The molecular formula is C28H31ClN2O4S. The van der Waals surface area contributed by atoms with Crippen LogP contribution in [0.4, 0.5) is 5.69 Å². The summed E-state index contributed by atoms with van der Waals surface area (Å²) < 4.78 is 28.0. The first-order valence-corrected chi connectivity index (χ1v) is 13.6. The molecule has 0 aromatic heterocycles. The van der Waals surface area contributed by atoms with Crippen LogP contribution in [0.1, 0.15) is 54.0 Å². The van der Waals surface area contributed by atoms with Crippen LogP contribution in [0.2, 0.25) is 5.02 Å². The number of carbonyl (C=O) groups excluding carboxylic acids is 2. The van der Waals surface area contributed by atoms with E-state index in [1.54, 1.807) is 36.4 Å². The van der Waals surface area contributed by atoms with Gasteiger partial charge in [0, 0.05) is 34.8 Å². The highest BCUT2D eigenvalue weighted by atomic mass is 35.5. The number of benzene rings is 3. The Hall–Kier alpha value is -3.00. The monoisotopic (exact) mass is 526 g/mol. The predicted molar refractivity (Wildman–Crippen MR) is 144 cm³/mol. The summed E-state index contributed by atoms with van der Waals surface area (Å²) in [5.41, 5.74) is 1.31. The van der Waals surface area contributed by atoms with Crippen molar-refractivity contribution in [3.8, 4) is 0 Å². The molecule has 3 rings (SSSR count). The Balaban J connectivity index is 1.84. The van der Waals surface area contributed by atoms with Crippen LogP contribution in [0.15, 0.2) is 77.7 Å². The first kappa shape index (κ1) is 27.6. The van der Waals surface area contributed by atoms with Crippen LogP contribution in [0, 0.1) is 11.8 Å². The number of rotatable bonds is 10. The van der Waals surface area contributed by atoms with Gasteiger partial charge >= 0.3 is 0 Å². The van der Waals surface area contributed by atoms with Gasteiger partial charge in [0.1, 0.15) is 0 Å². The Bertz CT molecular complexity index is 1310. The largest absolute Gasteiger partial charge is 0.321 e. The molecule has 1 N–H and O–H groups in total. The number of ketones is 1. The smallest absolute Gasteiger partial charge is 0.255 e. The molecule has 0 atom stereocenters. The molecular weight excluding hydrogens is 496 g/mol. The SMILES string of the molecule is CC(C)CN(CC(C)C)S(=O)(=O)c1ccc(C(=O)Nc2ccc(Cl)cc2C(=O)c2ccccc2)cc1. The lowest BCUT2D eigenvalue weighted by atomic mass is 10.0. The summed E-state index contributed by atoms with van der Waals surface area (Å²) in [5.74, 6) is -0.388. The third-order valence-electron chi connectivity index (χ3n) is 5.40. The molecule has 190 valence electrons. The first-order valence-electron chi connectivity index (χ1n) is 11.8. The molecule has 3 aromatic carbocycles. The lowest BCUT2D eigenvalue weighted by Crippen LogP contribution is -2.37. The number of amides is 1. The summed E-state index contributed by atoms with van der Waals surface area (Å²) in [7, 11) is -3.70. The van der Waals surface area contributed by atoms with E-state index in [2.05, 4.69) is 5.32 Å². The van der Waals surface area contributed by atoms with Gasteiger partial charge in [0.25, 0.3) is 5.91 Å². The van der Waals surface area contributed by atoms with Crippen LogP contribution in [-0.2, 0) is 10.0 Å². The van der Waals surface area contributed by atoms with Gasteiger partial charge in [-0.3, -0.25) is 9.59 Å².